The number of phenolic OH excluding ortho intramolecular Hbond substituents is 1. The van der Waals surface area contributed by atoms with E-state index in [1.807, 2.05) is 0 Å². The number of amides is 2. The van der Waals surface area contributed by atoms with Crippen LogP contribution >= 0.6 is 0 Å². The van der Waals surface area contributed by atoms with Crippen LogP contribution in [0.3, 0.4) is 0 Å². The van der Waals surface area contributed by atoms with E-state index in [0.29, 0.717) is 41.6 Å². The number of nitrogens with two attached hydrogens (primary N) is 1. The van der Waals surface area contributed by atoms with E-state index in [9.17, 15) is 43.8 Å². The van der Waals surface area contributed by atoms with Crippen molar-refractivity contribution in [3.05, 3.63) is 47.5 Å². The third-order valence-corrected chi connectivity index (χ3v) is 11.3. The Kier molecular flexibility index (Phi) is 9.25. The minimum Gasteiger partial charge on any atom is -0.507 e. The van der Waals surface area contributed by atoms with Crippen molar-refractivity contribution in [2.45, 2.75) is 56.6 Å². The molecule has 13 heteroatoms. The first kappa shape index (κ1) is 35.1. The van der Waals surface area contributed by atoms with Crippen LogP contribution < -0.4 is 11.1 Å². The third kappa shape index (κ3) is 5.71. The zero-order chi connectivity index (χ0) is 36.2. The SMILES string of the molecule is COC(=O)C1CCC(CC(=O)Nc2ccc(-c3ccc(O)c4c3C[C@H]3C[C@H]5[C@H](N(C)C)C(=O)C(C(N)=O)C(=O)[C@@]5(O)C(=O)C3C4=O)cc2)CC1. The number of hydrogen-bond acceptors (Lipinski definition) is 11. The summed E-state index contributed by atoms with van der Waals surface area (Å²) in [5, 5.41) is 25.6. The number of ketones is 4. The van der Waals surface area contributed by atoms with Crippen LogP contribution in [-0.2, 0) is 39.9 Å². The summed E-state index contributed by atoms with van der Waals surface area (Å²) in [6.45, 7) is 0. The molecule has 5 N–H and O–H groups in total. The summed E-state index contributed by atoms with van der Waals surface area (Å²) >= 11 is 0. The van der Waals surface area contributed by atoms with Crippen molar-refractivity contribution in [3.8, 4) is 16.9 Å². The van der Waals surface area contributed by atoms with Gasteiger partial charge in [-0.2, -0.15) is 0 Å². The van der Waals surface area contributed by atoms with E-state index in [1.54, 1.807) is 30.3 Å². The number of Topliss-reactive ketones (excluding diaryl/α,β-unsaturated/α-hetero) is 4. The lowest BCUT2D eigenvalue weighted by Gasteiger charge is -2.52. The van der Waals surface area contributed by atoms with Crippen molar-refractivity contribution >= 4 is 46.6 Å². The summed E-state index contributed by atoms with van der Waals surface area (Å²) in [4.78, 5) is 93.2. The number of nitrogens with one attached hydrogen (secondary N) is 1. The predicted molar refractivity (Wildman–Crippen MR) is 178 cm³/mol. The number of nitrogens with zero attached hydrogens (tertiary/aromatic N) is 1. The first-order chi connectivity index (χ1) is 23.7. The van der Waals surface area contributed by atoms with E-state index < -0.39 is 64.4 Å². The molecule has 2 unspecified atom stereocenters. The summed E-state index contributed by atoms with van der Waals surface area (Å²) in [6, 6.07) is 8.83. The molecule has 0 aromatic heterocycles. The highest BCUT2D eigenvalue weighted by Crippen LogP contribution is 2.51. The van der Waals surface area contributed by atoms with E-state index in [0.717, 1.165) is 12.8 Å². The molecule has 6 atom stereocenters. The number of methoxy groups -OCH3 is 1. The van der Waals surface area contributed by atoms with Gasteiger partial charge in [0.1, 0.15) is 5.75 Å². The van der Waals surface area contributed by atoms with Crippen LogP contribution in [0.5, 0.6) is 5.75 Å². The normalized spacial score (nSPS) is 30.6. The number of fused-ring (bicyclic) bond motifs is 3. The molecule has 0 aliphatic heterocycles. The summed E-state index contributed by atoms with van der Waals surface area (Å²) in [7, 11) is 4.45. The molecule has 0 heterocycles. The number of hydrogen-bond donors (Lipinski definition) is 4. The van der Waals surface area contributed by atoms with Crippen molar-refractivity contribution in [2.75, 3.05) is 26.5 Å². The molecule has 0 bridgehead atoms. The van der Waals surface area contributed by atoms with E-state index >= 15 is 0 Å². The van der Waals surface area contributed by atoms with Gasteiger partial charge in [-0.05, 0) is 99.3 Å². The Morgan fingerprint density at radius 1 is 0.980 bits per heavy atom. The number of rotatable bonds is 7. The number of likely N-dealkylation sites (N-methyl/N-ethyl adjacent to an activating group) is 1. The average molecular weight is 688 g/mol. The number of carbonyl (C=O) groups is 7. The standard InChI is InChI=1S/C37H41N3O10/c1-40(2)30-24-16-20-15-23-22(18-8-10-21(11-9-18)39-26(42)14-17-4-6-19(7-5-17)36(48)50-3)12-13-25(41)28(23)31(43)27(20)33(45)37(24,49)34(46)29(32(30)44)35(38)47/h8-13,17,19-20,24,27,29-30,41,49H,4-7,14-16H2,1-3H3,(H2,38,47)(H,39,42)/t17?,19?,20-,24-,27?,29?,30-,37-/m0/s1. The number of aliphatic hydroxyl groups is 1. The van der Waals surface area contributed by atoms with Crippen molar-refractivity contribution in [3.63, 3.8) is 0 Å². The van der Waals surface area contributed by atoms with Crippen LogP contribution in [0.15, 0.2) is 36.4 Å². The van der Waals surface area contributed by atoms with Crippen LogP contribution in [0.1, 0.15) is 54.4 Å². The lowest BCUT2D eigenvalue weighted by Crippen LogP contribution is -2.74. The molecule has 3 saturated carbocycles. The zero-order valence-corrected chi connectivity index (χ0v) is 28.1. The molecule has 6 rings (SSSR count). The van der Waals surface area contributed by atoms with Crippen LogP contribution in [0.25, 0.3) is 11.1 Å². The molecule has 0 radical (unpaired) electrons. The minimum atomic E-state index is -2.78. The van der Waals surface area contributed by atoms with Crippen molar-refractivity contribution in [1.29, 1.82) is 0 Å². The molecule has 2 amide bonds. The van der Waals surface area contributed by atoms with Crippen LogP contribution in [-0.4, -0.2) is 88.9 Å². The van der Waals surface area contributed by atoms with Gasteiger partial charge in [0.2, 0.25) is 11.8 Å². The van der Waals surface area contributed by atoms with Gasteiger partial charge in [0, 0.05) is 18.0 Å². The number of aromatic hydroxyl groups is 1. The van der Waals surface area contributed by atoms with Gasteiger partial charge >= 0.3 is 5.97 Å². The number of benzene rings is 2. The van der Waals surface area contributed by atoms with Crippen molar-refractivity contribution in [1.82, 2.24) is 4.90 Å². The first-order valence-electron chi connectivity index (χ1n) is 16.9. The van der Waals surface area contributed by atoms with E-state index in [-0.39, 0.29) is 47.9 Å². The van der Waals surface area contributed by atoms with Gasteiger partial charge < -0.3 is 26.0 Å². The largest absolute Gasteiger partial charge is 0.507 e. The first-order valence-corrected chi connectivity index (χ1v) is 16.9. The van der Waals surface area contributed by atoms with Gasteiger partial charge in [0.15, 0.2) is 34.7 Å². The minimum absolute atomic E-state index is 0.0473. The van der Waals surface area contributed by atoms with Crippen molar-refractivity contribution in [2.24, 2.45) is 41.2 Å². The predicted octanol–water partition coefficient (Wildman–Crippen LogP) is 1.84. The molecular formula is C37H41N3O10. The zero-order valence-electron chi connectivity index (χ0n) is 28.1. The fourth-order valence-electron chi connectivity index (χ4n) is 8.85. The fourth-order valence-corrected chi connectivity index (χ4v) is 8.85. The second-order valence-electron chi connectivity index (χ2n) is 14.3. The van der Waals surface area contributed by atoms with Gasteiger partial charge in [-0.25, -0.2) is 0 Å². The maximum atomic E-state index is 14.1. The summed E-state index contributed by atoms with van der Waals surface area (Å²) < 4.78 is 4.84. The number of phenols is 1. The molecule has 4 aliphatic rings. The number of primary amides is 1. The lowest BCUT2D eigenvalue weighted by molar-refractivity contribution is -0.181. The maximum Gasteiger partial charge on any atom is 0.308 e. The molecule has 3 fully saturated rings. The highest BCUT2D eigenvalue weighted by molar-refractivity contribution is 6.32. The van der Waals surface area contributed by atoms with E-state index in [2.05, 4.69) is 5.32 Å². The van der Waals surface area contributed by atoms with Gasteiger partial charge in [-0.15, -0.1) is 0 Å². The number of esters is 1. The highest BCUT2D eigenvalue weighted by Gasteiger charge is 2.69. The van der Waals surface area contributed by atoms with Gasteiger partial charge in [0.25, 0.3) is 0 Å². The molecule has 50 heavy (non-hydrogen) atoms. The van der Waals surface area contributed by atoms with Crippen LogP contribution in [0.4, 0.5) is 5.69 Å². The molecule has 2 aromatic carbocycles. The number of ether oxygens (including phenoxy) is 1. The van der Waals surface area contributed by atoms with Gasteiger partial charge in [-0.3, -0.25) is 38.5 Å². The van der Waals surface area contributed by atoms with Gasteiger partial charge in [-0.1, -0.05) is 18.2 Å². The summed E-state index contributed by atoms with van der Waals surface area (Å²) in [5.41, 5.74) is 4.86. The topological polar surface area (TPSA) is 210 Å². The molecule has 264 valence electrons. The molecule has 2 aromatic rings. The fraction of sp³-hybridized carbons (Fsp3) is 0.486. The second kappa shape index (κ2) is 13.2. The lowest BCUT2D eigenvalue weighted by atomic mass is 9.52. The smallest absolute Gasteiger partial charge is 0.308 e. The Hall–Kier alpha value is -4.75. The average Bonchev–Trinajstić information content (AvgIpc) is 3.06. The Balaban J connectivity index is 1.24. The van der Waals surface area contributed by atoms with Crippen molar-refractivity contribution < 1.29 is 48.5 Å². The highest BCUT2D eigenvalue weighted by atomic mass is 16.5. The summed E-state index contributed by atoms with van der Waals surface area (Å²) in [5.74, 6) is -11.3. The Bertz CT molecular complexity index is 1790. The maximum absolute atomic E-state index is 14.1. The van der Waals surface area contributed by atoms with E-state index in [4.69, 9.17) is 10.5 Å². The number of anilines is 1. The monoisotopic (exact) mass is 687 g/mol. The Morgan fingerprint density at radius 2 is 1.64 bits per heavy atom. The van der Waals surface area contributed by atoms with Crippen LogP contribution in [0, 0.1) is 35.5 Å². The van der Waals surface area contributed by atoms with E-state index in [1.165, 1.54) is 32.2 Å². The molecule has 0 saturated heterocycles. The Morgan fingerprint density at radius 3 is 2.24 bits per heavy atom. The molecule has 13 nitrogen and oxygen atoms in total. The Labute approximate surface area is 288 Å². The number of carbonyl (C=O) groups excluding carboxylic acids is 7. The molecule has 0 spiro atoms. The molecular weight excluding hydrogens is 646 g/mol. The second-order valence-corrected chi connectivity index (χ2v) is 14.3. The summed E-state index contributed by atoms with van der Waals surface area (Å²) in [6.07, 6.45) is 3.33. The quantitative estimate of drug-likeness (QED) is 0.244. The molecule has 4 aliphatic carbocycles. The van der Waals surface area contributed by atoms with Crippen LogP contribution in [0.2, 0.25) is 0 Å². The third-order valence-electron chi connectivity index (χ3n) is 11.3. The van der Waals surface area contributed by atoms with Gasteiger partial charge in [0.05, 0.1) is 30.6 Å².